The van der Waals surface area contributed by atoms with Gasteiger partial charge in [0, 0.05) is 42.2 Å². The minimum atomic E-state index is -1.16. The average molecular weight is 563 g/mol. The number of likely N-dealkylation sites (tertiary alicyclic amines) is 1. The normalized spacial score (nSPS) is 23.4. The number of nitrogens with zero attached hydrogens (tertiary/aromatic N) is 2. The molecule has 41 heavy (non-hydrogen) atoms. The van der Waals surface area contributed by atoms with Gasteiger partial charge in [-0.3, -0.25) is 9.59 Å². The van der Waals surface area contributed by atoms with E-state index in [-0.39, 0.29) is 30.5 Å². The third-order valence-electron chi connectivity index (χ3n) is 10.1. The van der Waals surface area contributed by atoms with Crippen molar-refractivity contribution in [2.45, 2.75) is 96.6 Å². The van der Waals surface area contributed by atoms with Crippen LogP contribution < -0.4 is 5.56 Å². The molecule has 5 rings (SSSR count). The molecule has 2 heterocycles. The summed E-state index contributed by atoms with van der Waals surface area (Å²) in [5.74, 6) is 0.347. The van der Waals surface area contributed by atoms with E-state index >= 15 is 0 Å². The van der Waals surface area contributed by atoms with E-state index in [1.54, 1.807) is 13.1 Å². The van der Waals surface area contributed by atoms with Gasteiger partial charge in [-0.05, 0) is 44.1 Å². The van der Waals surface area contributed by atoms with E-state index in [9.17, 15) is 19.5 Å². The van der Waals surface area contributed by atoms with Gasteiger partial charge in [0.25, 0.3) is 5.56 Å². The van der Waals surface area contributed by atoms with Gasteiger partial charge >= 0.3 is 5.97 Å². The minimum Gasteiger partial charge on any atom is -0.462 e. The molecule has 1 aliphatic heterocycles. The number of rotatable bonds is 8. The van der Waals surface area contributed by atoms with E-state index in [1.807, 2.05) is 35.2 Å². The molecule has 222 valence electrons. The van der Waals surface area contributed by atoms with Crippen LogP contribution in [0.15, 0.2) is 47.4 Å². The number of pyridine rings is 1. The lowest BCUT2D eigenvalue weighted by Crippen LogP contribution is -2.62. The number of carbonyl (C=O) groups excluding carboxylic acids is 2. The third-order valence-corrected chi connectivity index (χ3v) is 10.1. The summed E-state index contributed by atoms with van der Waals surface area (Å²) in [6, 6.07) is 10.8. The van der Waals surface area contributed by atoms with Crippen molar-refractivity contribution in [1.29, 1.82) is 0 Å². The zero-order valence-corrected chi connectivity index (χ0v) is 24.8. The monoisotopic (exact) mass is 562 g/mol. The molecule has 0 radical (unpaired) electrons. The standard InChI is InChI=1S/C34H46N2O5/c1-3-41-32(39)29-22-36(30(37)21-28(29)27-14-8-5-9-15-27)24-34(40)18-19-35(23-33(34)16-10-11-17-33)31(38)25(2)20-26-12-6-4-7-13-26/h5,8-9,14-15,21-22,25-26,40H,3-4,6-7,10-13,16-20,23-24H2,1-2H3/t25?,34-/m0/s1. The van der Waals surface area contributed by atoms with Crippen molar-refractivity contribution in [1.82, 2.24) is 9.47 Å². The molecule has 0 bridgehead atoms. The van der Waals surface area contributed by atoms with Crippen LogP contribution in [0.1, 0.15) is 94.8 Å². The molecular formula is C34H46N2O5. The van der Waals surface area contributed by atoms with Crippen LogP contribution in [-0.4, -0.2) is 51.7 Å². The number of hydrogen-bond acceptors (Lipinski definition) is 5. The van der Waals surface area contributed by atoms with Crippen molar-refractivity contribution < 1.29 is 19.4 Å². The quantitative estimate of drug-likeness (QED) is 0.410. The van der Waals surface area contributed by atoms with E-state index in [4.69, 9.17) is 4.74 Å². The molecule has 2 aliphatic carbocycles. The Morgan fingerprint density at radius 3 is 2.44 bits per heavy atom. The summed E-state index contributed by atoms with van der Waals surface area (Å²) in [5, 5.41) is 12.3. The first kappa shape index (κ1) is 29.6. The number of amides is 1. The summed E-state index contributed by atoms with van der Waals surface area (Å²) in [7, 11) is 0. The van der Waals surface area contributed by atoms with Crippen molar-refractivity contribution in [3.05, 3.63) is 58.5 Å². The Kier molecular flexibility index (Phi) is 9.03. The van der Waals surface area contributed by atoms with Crippen LogP contribution in [0.3, 0.4) is 0 Å². The molecule has 2 aromatic rings. The van der Waals surface area contributed by atoms with Crippen molar-refractivity contribution in [3.63, 3.8) is 0 Å². The third kappa shape index (κ3) is 6.15. The lowest BCUT2D eigenvalue weighted by Gasteiger charge is -2.53. The predicted molar refractivity (Wildman–Crippen MR) is 159 cm³/mol. The van der Waals surface area contributed by atoms with E-state index in [0.717, 1.165) is 37.7 Å². The topological polar surface area (TPSA) is 88.8 Å². The van der Waals surface area contributed by atoms with E-state index in [0.29, 0.717) is 36.6 Å². The number of hydrogen-bond donors (Lipinski definition) is 1. The molecule has 1 N–H and O–H groups in total. The number of benzene rings is 1. The molecule has 1 aromatic heterocycles. The summed E-state index contributed by atoms with van der Waals surface area (Å²) in [6.45, 7) is 5.15. The molecule has 1 saturated heterocycles. The zero-order chi connectivity index (χ0) is 29.0. The highest BCUT2D eigenvalue weighted by Crippen LogP contribution is 2.52. The fourth-order valence-corrected chi connectivity index (χ4v) is 7.83. The van der Waals surface area contributed by atoms with Crippen LogP contribution in [0.25, 0.3) is 11.1 Å². The molecule has 2 atom stereocenters. The highest BCUT2D eigenvalue weighted by Gasteiger charge is 2.55. The number of piperidine rings is 1. The van der Waals surface area contributed by atoms with Gasteiger partial charge in [0.15, 0.2) is 0 Å². The largest absolute Gasteiger partial charge is 0.462 e. The van der Waals surface area contributed by atoms with Crippen molar-refractivity contribution in [2.75, 3.05) is 19.7 Å². The summed E-state index contributed by atoms with van der Waals surface area (Å²) >= 11 is 0. The van der Waals surface area contributed by atoms with Crippen LogP contribution in [0.2, 0.25) is 0 Å². The summed E-state index contributed by atoms with van der Waals surface area (Å²) in [6.07, 6.45) is 12.9. The smallest absolute Gasteiger partial charge is 0.340 e. The van der Waals surface area contributed by atoms with E-state index < -0.39 is 17.0 Å². The first-order chi connectivity index (χ1) is 19.7. The second kappa shape index (κ2) is 12.5. The van der Waals surface area contributed by atoms with Crippen molar-refractivity contribution in [3.8, 4) is 11.1 Å². The second-order valence-electron chi connectivity index (χ2n) is 12.8. The van der Waals surface area contributed by atoms with Crippen LogP contribution >= 0.6 is 0 Å². The first-order valence-electron chi connectivity index (χ1n) is 15.7. The number of aliphatic hydroxyl groups is 1. The molecule has 7 heteroatoms. The molecule has 3 fully saturated rings. The van der Waals surface area contributed by atoms with Crippen LogP contribution in [-0.2, 0) is 16.1 Å². The average Bonchev–Trinajstić information content (AvgIpc) is 3.46. The second-order valence-corrected chi connectivity index (χ2v) is 12.8. The zero-order valence-electron chi connectivity index (χ0n) is 24.8. The van der Waals surface area contributed by atoms with Gasteiger partial charge < -0.3 is 19.3 Å². The van der Waals surface area contributed by atoms with Crippen LogP contribution in [0, 0.1) is 17.3 Å². The predicted octanol–water partition coefficient (Wildman–Crippen LogP) is 5.82. The minimum absolute atomic E-state index is 0.0111. The maximum Gasteiger partial charge on any atom is 0.340 e. The van der Waals surface area contributed by atoms with Gasteiger partial charge in [-0.1, -0.05) is 82.2 Å². The Morgan fingerprint density at radius 1 is 1.05 bits per heavy atom. The number of aromatic nitrogens is 1. The summed E-state index contributed by atoms with van der Waals surface area (Å²) < 4.78 is 6.84. The molecule has 2 saturated carbocycles. The first-order valence-corrected chi connectivity index (χ1v) is 15.7. The Labute approximate surface area is 243 Å². The van der Waals surface area contributed by atoms with Gasteiger partial charge in [0.1, 0.15) is 0 Å². The highest BCUT2D eigenvalue weighted by molar-refractivity contribution is 5.96. The lowest BCUT2D eigenvalue weighted by atomic mass is 9.65. The van der Waals surface area contributed by atoms with Crippen molar-refractivity contribution >= 4 is 11.9 Å². The maximum atomic E-state index is 13.6. The molecule has 1 unspecified atom stereocenters. The summed E-state index contributed by atoms with van der Waals surface area (Å²) in [5.41, 5.74) is -0.284. The van der Waals surface area contributed by atoms with Gasteiger partial charge in [-0.25, -0.2) is 4.79 Å². The van der Waals surface area contributed by atoms with Gasteiger partial charge in [0.2, 0.25) is 5.91 Å². The van der Waals surface area contributed by atoms with Gasteiger partial charge in [-0.2, -0.15) is 0 Å². The Bertz CT molecular complexity index is 1280. The fourth-order valence-electron chi connectivity index (χ4n) is 7.83. The fraction of sp³-hybridized carbons (Fsp3) is 0.618. The Morgan fingerprint density at radius 2 is 1.76 bits per heavy atom. The Hall–Kier alpha value is -2.93. The molecular weight excluding hydrogens is 516 g/mol. The van der Waals surface area contributed by atoms with Gasteiger partial charge in [0.05, 0.1) is 24.3 Å². The van der Waals surface area contributed by atoms with Gasteiger partial charge in [-0.15, -0.1) is 0 Å². The molecule has 7 nitrogen and oxygen atoms in total. The SMILES string of the molecule is CCOC(=O)c1cn(C[C@@]2(O)CCN(C(=O)C(C)CC3CCCCC3)CC23CCCC3)c(=O)cc1-c1ccccc1. The number of ether oxygens (including phenoxy) is 1. The molecule has 1 aromatic carbocycles. The Balaban J connectivity index is 1.39. The molecule has 1 spiro atoms. The van der Waals surface area contributed by atoms with E-state index in [1.165, 1.54) is 42.7 Å². The lowest BCUT2D eigenvalue weighted by molar-refractivity contribution is -0.163. The maximum absolute atomic E-state index is 13.6. The molecule has 3 aliphatic rings. The number of esters is 1. The van der Waals surface area contributed by atoms with E-state index in [2.05, 4.69) is 6.92 Å². The molecule has 1 amide bonds. The van der Waals surface area contributed by atoms with Crippen LogP contribution in [0.5, 0.6) is 0 Å². The van der Waals surface area contributed by atoms with Crippen molar-refractivity contribution in [2.24, 2.45) is 17.3 Å². The van der Waals surface area contributed by atoms with Crippen LogP contribution in [0.4, 0.5) is 0 Å². The highest BCUT2D eigenvalue weighted by atomic mass is 16.5. The summed E-state index contributed by atoms with van der Waals surface area (Å²) in [4.78, 5) is 42.1. The number of carbonyl (C=O) groups is 2.